The molecule has 1 fully saturated rings. The largest absolute Gasteiger partial charge is 0.497 e. The van der Waals surface area contributed by atoms with Crippen LogP contribution in [0.15, 0.2) is 24.3 Å². The summed E-state index contributed by atoms with van der Waals surface area (Å²) in [5.41, 5.74) is 0.858. The number of benzene rings is 1. The maximum Gasteiger partial charge on any atom is 0.328 e. The van der Waals surface area contributed by atoms with Gasteiger partial charge in [0.05, 0.1) is 14.2 Å². The van der Waals surface area contributed by atoms with Gasteiger partial charge in [-0.05, 0) is 24.1 Å². The molecule has 0 bridgehead atoms. The van der Waals surface area contributed by atoms with Crippen molar-refractivity contribution >= 4 is 17.8 Å². The topological polar surface area (TPSA) is 93.7 Å². The van der Waals surface area contributed by atoms with Crippen molar-refractivity contribution < 1.29 is 23.9 Å². The smallest absolute Gasteiger partial charge is 0.328 e. The van der Waals surface area contributed by atoms with E-state index in [4.69, 9.17) is 9.47 Å². The number of carbonyl (C=O) groups excluding carboxylic acids is 3. The Morgan fingerprint density at radius 2 is 2.00 bits per heavy atom. The van der Waals surface area contributed by atoms with Gasteiger partial charge in [-0.15, -0.1) is 0 Å². The molecule has 23 heavy (non-hydrogen) atoms. The van der Waals surface area contributed by atoms with Gasteiger partial charge >= 0.3 is 5.97 Å². The molecule has 0 aliphatic carbocycles. The number of ether oxygens (including phenoxy) is 2. The van der Waals surface area contributed by atoms with E-state index in [1.165, 1.54) is 7.11 Å². The SMILES string of the molecule is COC(=O)[C@@H](Cc1ccc(OC)cc1)NC(=O)[C@H]1CCC(=O)N1. The van der Waals surface area contributed by atoms with Crippen LogP contribution in [0.5, 0.6) is 5.75 Å². The summed E-state index contributed by atoms with van der Waals surface area (Å²) in [6.45, 7) is 0. The first-order valence-corrected chi connectivity index (χ1v) is 7.34. The van der Waals surface area contributed by atoms with Gasteiger partial charge in [0.2, 0.25) is 11.8 Å². The summed E-state index contributed by atoms with van der Waals surface area (Å²) in [7, 11) is 2.84. The minimum Gasteiger partial charge on any atom is -0.497 e. The van der Waals surface area contributed by atoms with Crippen molar-refractivity contribution in [1.82, 2.24) is 10.6 Å². The van der Waals surface area contributed by atoms with Crippen LogP contribution < -0.4 is 15.4 Å². The Kier molecular flexibility index (Phi) is 5.56. The highest BCUT2D eigenvalue weighted by Gasteiger charge is 2.30. The summed E-state index contributed by atoms with van der Waals surface area (Å²) in [5.74, 6) is -0.353. The lowest BCUT2D eigenvalue weighted by atomic mass is 10.0. The van der Waals surface area contributed by atoms with Crippen LogP contribution in [-0.2, 0) is 25.5 Å². The van der Waals surface area contributed by atoms with Crippen LogP contribution in [0.1, 0.15) is 18.4 Å². The molecule has 2 amide bonds. The first-order chi connectivity index (χ1) is 11.0. The molecule has 7 nitrogen and oxygen atoms in total. The number of esters is 1. The molecule has 2 rings (SSSR count). The molecule has 1 aromatic rings. The quantitative estimate of drug-likeness (QED) is 0.729. The number of rotatable bonds is 6. The molecule has 0 saturated carbocycles. The maximum atomic E-state index is 12.2. The molecule has 2 N–H and O–H groups in total. The van der Waals surface area contributed by atoms with Crippen molar-refractivity contribution in [2.24, 2.45) is 0 Å². The Bertz CT molecular complexity index is 585. The standard InChI is InChI=1S/C16H20N2O5/c1-22-11-5-3-10(4-6-11)9-13(16(21)23-2)18-15(20)12-7-8-14(19)17-12/h3-6,12-13H,7-9H2,1-2H3,(H,17,19)(H,18,20)/t12-,13-/m1/s1. The van der Waals surface area contributed by atoms with Gasteiger partial charge in [0.25, 0.3) is 0 Å². The first kappa shape index (κ1) is 16.8. The minimum absolute atomic E-state index is 0.157. The van der Waals surface area contributed by atoms with E-state index in [9.17, 15) is 14.4 Å². The fourth-order valence-corrected chi connectivity index (χ4v) is 2.42. The van der Waals surface area contributed by atoms with Crippen molar-refractivity contribution in [1.29, 1.82) is 0 Å². The summed E-state index contributed by atoms with van der Waals surface area (Å²) in [6, 6.07) is 5.80. The highest BCUT2D eigenvalue weighted by molar-refractivity contribution is 5.93. The van der Waals surface area contributed by atoms with Crippen LogP contribution in [0, 0.1) is 0 Å². The second-order valence-electron chi connectivity index (χ2n) is 5.30. The molecule has 2 atom stereocenters. The van der Waals surface area contributed by atoms with Crippen LogP contribution in [-0.4, -0.2) is 44.1 Å². The fourth-order valence-electron chi connectivity index (χ4n) is 2.42. The van der Waals surface area contributed by atoms with Gasteiger partial charge in [-0.25, -0.2) is 4.79 Å². The van der Waals surface area contributed by atoms with Gasteiger partial charge < -0.3 is 20.1 Å². The molecule has 1 saturated heterocycles. The van der Waals surface area contributed by atoms with E-state index in [0.29, 0.717) is 25.0 Å². The lowest BCUT2D eigenvalue weighted by Gasteiger charge is -2.19. The number of hydrogen-bond donors (Lipinski definition) is 2. The molecule has 0 radical (unpaired) electrons. The second kappa shape index (κ2) is 7.62. The first-order valence-electron chi connectivity index (χ1n) is 7.34. The minimum atomic E-state index is -0.807. The Labute approximate surface area is 134 Å². The monoisotopic (exact) mass is 320 g/mol. The maximum absolute atomic E-state index is 12.2. The molecule has 1 heterocycles. The zero-order chi connectivity index (χ0) is 16.8. The van der Waals surface area contributed by atoms with E-state index in [1.54, 1.807) is 19.2 Å². The van der Waals surface area contributed by atoms with Gasteiger partial charge in [0, 0.05) is 12.8 Å². The van der Waals surface area contributed by atoms with Crippen LogP contribution >= 0.6 is 0 Å². The van der Waals surface area contributed by atoms with Crippen molar-refractivity contribution in [2.75, 3.05) is 14.2 Å². The number of amides is 2. The summed E-state index contributed by atoms with van der Waals surface area (Å²) >= 11 is 0. The normalized spacial score (nSPS) is 18.0. The van der Waals surface area contributed by atoms with Crippen molar-refractivity contribution in [2.45, 2.75) is 31.3 Å². The van der Waals surface area contributed by atoms with E-state index in [-0.39, 0.29) is 11.8 Å². The molecule has 1 aliphatic rings. The highest BCUT2D eigenvalue weighted by Crippen LogP contribution is 2.14. The van der Waals surface area contributed by atoms with Crippen LogP contribution in [0.3, 0.4) is 0 Å². The van der Waals surface area contributed by atoms with E-state index < -0.39 is 18.1 Å². The van der Waals surface area contributed by atoms with Gasteiger partial charge in [-0.3, -0.25) is 9.59 Å². The molecule has 0 spiro atoms. The van der Waals surface area contributed by atoms with E-state index in [1.807, 2.05) is 12.1 Å². The van der Waals surface area contributed by atoms with Crippen LogP contribution in [0.2, 0.25) is 0 Å². The van der Waals surface area contributed by atoms with Gasteiger partial charge in [-0.2, -0.15) is 0 Å². The third-order valence-electron chi connectivity index (χ3n) is 3.71. The molecular formula is C16H20N2O5. The number of hydrogen-bond acceptors (Lipinski definition) is 5. The van der Waals surface area contributed by atoms with Crippen molar-refractivity contribution in [3.63, 3.8) is 0 Å². The zero-order valence-corrected chi connectivity index (χ0v) is 13.1. The number of carbonyl (C=O) groups is 3. The van der Waals surface area contributed by atoms with Gasteiger partial charge in [-0.1, -0.05) is 12.1 Å². The van der Waals surface area contributed by atoms with Gasteiger partial charge in [0.1, 0.15) is 17.8 Å². The summed E-state index contributed by atoms with van der Waals surface area (Å²) < 4.78 is 9.83. The molecule has 0 unspecified atom stereocenters. The Morgan fingerprint density at radius 3 is 2.52 bits per heavy atom. The molecule has 7 heteroatoms. The van der Waals surface area contributed by atoms with E-state index in [0.717, 1.165) is 5.56 Å². The van der Waals surface area contributed by atoms with Gasteiger partial charge in [0.15, 0.2) is 0 Å². The zero-order valence-electron chi connectivity index (χ0n) is 13.1. The lowest BCUT2D eigenvalue weighted by Crippen LogP contribution is -2.49. The molecule has 1 aromatic carbocycles. The third kappa shape index (κ3) is 4.45. The average molecular weight is 320 g/mol. The molecule has 1 aliphatic heterocycles. The Morgan fingerprint density at radius 1 is 1.30 bits per heavy atom. The second-order valence-corrected chi connectivity index (χ2v) is 5.30. The van der Waals surface area contributed by atoms with Crippen molar-refractivity contribution in [3.8, 4) is 5.75 Å². The molecule has 0 aromatic heterocycles. The predicted molar refractivity (Wildman–Crippen MR) is 81.8 cm³/mol. The Balaban J connectivity index is 2.02. The highest BCUT2D eigenvalue weighted by atomic mass is 16.5. The molecule has 124 valence electrons. The lowest BCUT2D eigenvalue weighted by molar-refractivity contribution is -0.145. The Hall–Kier alpha value is -2.57. The van der Waals surface area contributed by atoms with Crippen LogP contribution in [0.25, 0.3) is 0 Å². The van der Waals surface area contributed by atoms with Crippen LogP contribution in [0.4, 0.5) is 0 Å². The summed E-state index contributed by atoms with van der Waals surface area (Å²) in [6.07, 6.45) is 1.05. The van der Waals surface area contributed by atoms with E-state index in [2.05, 4.69) is 10.6 Å². The number of methoxy groups -OCH3 is 2. The average Bonchev–Trinajstić information content (AvgIpc) is 3.00. The fraction of sp³-hybridized carbons (Fsp3) is 0.438. The third-order valence-corrected chi connectivity index (χ3v) is 3.71. The van der Waals surface area contributed by atoms with E-state index >= 15 is 0 Å². The number of nitrogens with one attached hydrogen (secondary N) is 2. The predicted octanol–water partition coefficient (Wildman–Crippen LogP) is 0.174. The van der Waals surface area contributed by atoms with Crippen molar-refractivity contribution in [3.05, 3.63) is 29.8 Å². The summed E-state index contributed by atoms with van der Waals surface area (Å²) in [4.78, 5) is 35.3. The molecular weight excluding hydrogens is 300 g/mol. The summed E-state index contributed by atoms with van der Waals surface area (Å²) in [5, 5.41) is 5.22.